The van der Waals surface area contributed by atoms with Crippen LogP contribution >= 0.6 is 11.8 Å². The van der Waals surface area contributed by atoms with Crippen LogP contribution in [0.4, 0.5) is 4.79 Å². The maximum Gasteiger partial charge on any atom is 0.326 e. The van der Waals surface area contributed by atoms with E-state index in [0.717, 1.165) is 25.0 Å². The average Bonchev–Trinajstić information content (AvgIpc) is 2.75. The van der Waals surface area contributed by atoms with Crippen molar-refractivity contribution in [2.45, 2.75) is 50.4 Å². The molecule has 0 saturated heterocycles. The third kappa shape index (κ3) is 3.80. The number of likely N-dealkylation sites (N-methyl/N-ethyl adjacent to an activating group) is 1. The Labute approximate surface area is 112 Å². The lowest BCUT2D eigenvalue weighted by Crippen LogP contribution is -2.50. The number of carboxylic acid groups (broad SMARTS) is 1. The first kappa shape index (κ1) is 15.1. The second kappa shape index (κ2) is 6.87. The highest BCUT2D eigenvalue weighted by Crippen LogP contribution is 2.29. The van der Waals surface area contributed by atoms with Crippen LogP contribution in [-0.4, -0.2) is 52.1 Å². The molecule has 0 bridgehead atoms. The van der Waals surface area contributed by atoms with Crippen molar-refractivity contribution < 1.29 is 14.7 Å². The number of hydrogen-bond acceptors (Lipinski definition) is 3. The zero-order chi connectivity index (χ0) is 13.7. The predicted molar refractivity (Wildman–Crippen MR) is 73.0 cm³/mol. The number of nitrogens with zero attached hydrogens (tertiary/aromatic N) is 1. The first-order chi connectivity index (χ1) is 8.47. The molecule has 1 rings (SSSR count). The molecule has 0 spiro atoms. The van der Waals surface area contributed by atoms with Crippen LogP contribution in [0.1, 0.15) is 33.1 Å². The molecule has 0 aromatic rings. The second-order valence-corrected chi connectivity index (χ2v) is 6.12. The third-order valence-corrected chi connectivity index (χ3v) is 4.73. The van der Waals surface area contributed by atoms with Gasteiger partial charge in [-0.05, 0) is 25.5 Å². The number of carbonyl (C=O) groups is 2. The maximum atomic E-state index is 11.9. The molecule has 1 fully saturated rings. The number of carboxylic acids is 1. The summed E-state index contributed by atoms with van der Waals surface area (Å²) in [6.07, 6.45) is 3.24. The fourth-order valence-electron chi connectivity index (χ4n) is 2.11. The van der Waals surface area contributed by atoms with E-state index in [0.29, 0.717) is 5.25 Å². The van der Waals surface area contributed by atoms with Crippen molar-refractivity contribution in [1.29, 1.82) is 0 Å². The Hall–Kier alpha value is -0.910. The molecular weight excluding hydrogens is 252 g/mol. The van der Waals surface area contributed by atoms with Crippen LogP contribution in [0.15, 0.2) is 0 Å². The lowest BCUT2D eigenvalue weighted by atomic mass is 10.2. The van der Waals surface area contributed by atoms with Gasteiger partial charge in [0.15, 0.2) is 0 Å². The van der Waals surface area contributed by atoms with Crippen LogP contribution in [0, 0.1) is 0 Å². The van der Waals surface area contributed by atoms with E-state index in [4.69, 9.17) is 5.11 Å². The minimum Gasteiger partial charge on any atom is -0.480 e. The van der Waals surface area contributed by atoms with Crippen molar-refractivity contribution in [3.63, 3.8) is 0 Å². The lowest BCUT2D eigenvalue weighted by Gasteiger charge is -2.26. The van der Waals surface area contributed by atoms with E-state index in [1.807, 2.05) is 11.8 Å². The van der Waals surface area contributed by atoms with Gasteiger partial charge in [-0.1, -0.05) is 13.3 Å². The summed E-state index contributed by atoms with van der Waals surface area (Å²) in [5, 5.41) is 12.3. The number of amides is 2. The predicted octanol–water partition coefficient (Wildman–Crippen LogP) is 1.78. The van der Waals surface area contributed by atoms with E-state index in [1.54, 1.807) is 0 Å². The SMILES string of the molecule is CCSC1CCCC1NC(=O)N(C)C(C)C(=O)O. The second-order valence-electron chi connectivity index (χ2n) is 4.61. The summed E-state index contributed by atoms with van der Waals surface area (Å²) in [5.74, 6) is 0.0526. The summed E-state index contributed by atoms with van der Waals surface area (Å²) >= 11 is 1.87. The van der Waals surface area contributed by atoms with Crippen molar-refractivity contribution in [2.24, 2.45) is 0 Å². The molecule has 0 heterocycles. The molecule has 18 heavy (non-hydrogen) atoms. The van der Waals surface area contributed by atoms with E-state index in [2.05, 4.69) is 12.2 Å². The number of hydrogen-bond donors (Lipinski definition) is 2. The zero-order valence-corrected chi connectivity index (χ0v) is 12.0. The number of aliphatic carboxylic acids is 1. The number of rotatable bonds is 5. The highest BCUT2D eigenvalue weighted by molar-refractivity contribution is 7.99. The van der Waals surface area contributed by atoms with Crippen LogP contribution in [-0.2, 0) is 4.79 Å². The van der Waals surface area contributed by atoms with E-state index in [9.17, 15) is 9.59 Å². The third-order valence-electron chi connectivity index (χ3n) is 3.40. The minimum atomic E-state index is -0.987. The van der Waals surface area contributed by atoms with Crippen molar-refractivity contribution in [3.8, 4) is 0 Å². The molecule has 0 aromatic heterocycles. The standard InChI is InChI=1S/C12H22N2O3S/c1-4-18-10-7-5-6-9(10)13-12(17)14(3)8(2)11(15)16/h8-10H,4-7H2,1-3H3,(H,13,17)(H,15,16). The van der Waals surface area contributed by atoms with Crippen LogP contribution in [0.3, 0.4) is 0 Å². The Morgan fingerprint density at radius 1 is 1.50 bits per heavy atom. The Kier molecular flexibility index (Phi) is 5.78. The summed E-state index contributed by atoms with van der Waals surface area (Å²) < 4.78 is 0. The average molecular weight is 274 g/mol. The van der Waals surface area contributed by atoms with Gasteiger partial charge in [-0.25, -0.2) is 9.59 Å². The summed E-state index contributed by atoms with van der Waals surface area (Å²) in [7, 11) is 1.52. The van der Waals surface area contributed by atoms with Gasteiger partial charge >= 0.3 is 12.0 Å². The number of nitrogens with one attached hydrogen (secondary N) is 1. The molecule has 1 aliphatic carbocycles. The summed E-state index contributed by atoms with van der Waals surface area (Å²) in [6.45, 7) is 3.62. The normalized spacial score (nSPS) is 24.6. The molecule has 0 aromatic carbocycles. The molecule has 2 amide bonds. The lowest BCUT2D eigenvalue weighted by molar-refractivity contribution is -0.141. The van der Waals surface area contributed by atoms with Gasteiger partial charge in [-0.15, -0.1) is 0 Å². The number of thioether (sulfide) groups is 1. The monoisotopic (exact) mass is 274 g/mol. The Balaban J connectivity index is 2.51. The van der Waals surface area contributed by atoms with Crippen molar-refractivity contribution in [1.82, 2.24) is 10.2 Å². The van der Waals surface area contributed by atoms with Gasteiger partial charge < -0.3 is 15.3 Å². The molecule has 6 heteroatoms. The fourth-order valence-corrected chi connectivity index (χ4v) is 3.30. The molecule has 104 valence electrons. The summed E-state index contributed by atoms with van der Waals surface area (Å²) in [5.41, 5.74) is 0. The van der Waals surface area contributed by atoms with Gasteiger partial charge in [0, 0.05) is 18.3 Å². The van der Waals surface area contributed by atoms with E-state index >= 15 is 0 Å². The molecule has 3 atom stereocenters. The molecule has 1 saturated carbocycles. The fraction of sp³-hybridized carbons (Fsp3) is 0.833. The van der Waals surface area contributed by atoms with Gasteiger partial charge in [-0.3, -0.25) is 0 Å². The molecule has 0 radical (unpaired) electrons. The van der Waals surface area contributed by atoms with Crippen LogP contribution in [0.2, 0.25) is 0 Å². The molecule has 3 unspecified atom stereocenters. The topological polar surface area (TPSA) is 69.6 Å². The maximum absolute atomic E-state index is 11.9. The Morgan fingerprint density at radius 2 is 2.17 bits per heavy atom. The van der Waals surface area contributed by atoms with Crippen LogP contribution in [0.25, 0.3) is 0 Å². The molecule has 1 aliphatic rings. The van der Waals surface area contributed by atoms with Gasteiger partial charge in [0.25, 0.3) is 0 Å². The van der Waals surface area contributed by atoms with Crippen molar-refractivity contribution >= 4 is 23.8 Å². The highest BCUT2D eigenvalue weighted by Gasteiger charge is 2.30. The molecular formula is C12H22N2O3S. The van der Waals surface area contributed by atoms with Crippen LogP contribution in [0.5, 0.6) is 0 Å². The first-order valence-corrected chi connectivity index (χ1v) is 7.40. The quantitative estimate of drug-likeness (QED) is 0.801. The molecule has 0 aliphatic heterocycles. The highest BCUT2D eigenvalue weighted by atomic mass is 32.2. The van der Waals surface area contributed by atoms with E-state index < -0.39 is 12.0 Å². The summed E-state index contributed by atoms with van der Waals surface area (Å²) in [6, 6.07) is -0.923. The Morgan fingerprint density at radius 3 is 2.72 bits per heavy atom. The van der Waals surface area contributed by atoms with Gasteiger partial charge in [0.05, 0.1) is 0 Å². The van der Waals surface area contributed by atoms with E-state index in [1.165, 1.54) is 18.9 Å². The molecule has 5 nitrogen and oxygen atoms in total. The number of urea groups is 1. The molecule has 2 N–H and O–H groups in total. The van der Waals surface area contributed by atoms with Gasteiger partial charge in [0.1, 0.15) is 6.04 Å². The van der Waals surface area contributed by atoms with Crippen LogP contribution < -0.4 is 5.32 Å². The summed E-state index contributed by atoms with van der Waals surface area (Å²) in [4.78, 5) is 24.0. The Bertz CT molecular complexity index is 312. The zero-order valence-electron chi connectivity index (χ0n) is 11.2. The minimum absolute atomic E-state index is 0.172. The number of carbonyl (C=O) groups excluding carboxylic acids is 1. The van der Waals surface area contributed by atoms with E-state index in [-0.39, 0.29) is 12.1 Å². The first-order valence-electron chi connectivity index (χ1n) is 6.35. The van der Waals surface area contributed by atoms with Crippen molar-refractivity contribution in [3.05, 3.63) is 0 Å². The van der Waals surface area contributed by atoms with Crippen molar-refractivity contribution in [2.75, 3.05) is 12.8 Å². The van der Waals surface area contributed by atoms with Gasteiger partial charge in [0.2, 0.25) is 0 Å². The smallest absolute Gasteiger partial charge is 0.326 e. The largest absolute Gasteiger partial charge is 0.480 e. The van der Waals surface area contributed by atoms with Gasteiger partial charge in [-0.2, -0.15) is 11.8 Å².